The zero-order valence-corrected chi connectivity index (χ0v) is 7.64. The van der Waals surface area contributed by atoms with Crippen molar-refractivity contribution in [1.82, 2.24) is 0 Å². The lowest BCUT2D eigenvalue weighted by molar-refractivity contribution is 0.112. The summed E-state index contributed by atoms with van der Waals surface area (Å²) in [5.74, 6) is -0.731. The van der Waals surface area contributed by atoms with Crippen molar-refractivity contribution in [3.63, 3.8) is 0 Å². The minimum Gasteiger partial charge on any atom is -0.298 e. The van der Waals surface area contributed by atoms with E-state index in [9.17, 15) is 17.6 Å². The standard InChI is InChI=1S/C8H7FO3S/c1-13(11,12)8-3-6(5-10)2-7(9)4-8/h2-5H,1H3. The third-order valence-corrected chi connectivity index (χ3v) is 2.55. The van der Waals surface area contributed by atoms with Gasteiger partial charge in [-0.3, -0.25) is 4.79 Å². The van der Waals surface area contributed by atoms with E-state index in [0.29, 0.717) is 6.29 Å². The highest BCUT2D eigenvalue weighted by molar-refractivity contribution is 7.90. The van der Waals surface area contributed by atoms with E-state index in [2.05, 4.69) is 0 Å². The van der Waals surface area contributed by atoms with Gasteiger partial charge in [-0.1, -0.05) is 0 Å². The maximum Gasteiger partial charge on any atom is 0.175 e. The minimum absolute atomic E-state index is 0.0143. The lowest BCUT2D eigenvalue weighted by Crippen LogP contribution is -1.99. The first-order valence-electron chi connectivity index (χ1n) is 3.39. The lowest BCUT2D eigenvalue weighted by Gasteiger charge is -1.99. The number of sulfone groups is 1. The third-order valence-electron chi connectivity index (χ3n) is 1.46. The van der Waals surface area contributed by atoms with E-state index in [4.69, 9.17) is 0 Å². The first-order chi connectivity index (χ1) is 5.93. The van der Waals surface area contributed by atoms with Gasteiger partial charge in [-0.15, -0.1) is 0 Å². The maximum atomic E-state index is 12.7. The minimum atomic E-state index is -3.46. The van der Waals surface area contributed by atoms with Crippen LogP contribution >= 0.6 is 0 Å². The van der Waals surface area contributed by atoms with Crippen LogP contribution in [0.25, 0.3) is 0 Å². The molecule has 0 saturated heterocycles. The van der Waals surface area contributed by atoms with Crippen molar-refractivity contribution in [2.45, 2.75) is 4.90 Å². The molecular weight excluding hydrogens is 195 g/mol. The summed E-state index contributed by atoms with van der Waals surface area (Å²) in [6.07, 6.45) is 1.36. The molecule has 0 aliphatic rings. The Labute approximate surface area is 75.1 Å². The van der Waals surface area contributed by atoms with Gasteiger partial charge in [0.2, 0.25) is 0 Å². The molecule has 0 unspecified atom stereocenters. The van der Waals surface area contributed by atoms with Crippen molar-refractivity contribution in [2.24, 2.45) is 0 Å². The molecule has 3 nitrogen and oxygen atoms in total. The topological polar surface area (TPSA) is 51.2 Å². The van der Waals surface area contributed by atoms with Crippen LogP contribution in [0.1, 0.15) is 10.4 Å². The predicted molar refractivity (Wildman–Crippen MR) is 44.9 cm³/mol. The van der Waals surface area contributed by atoms with Gasteiger partial charge < -0.3 is 0 Å². The molecule has 1 aromatic carbocycles. The first-order valence-corrected chi connectivity index (χ1v) is 5.28. The number of benzene rings is 1. The van der Waals surface area contributed by atoms with E-state index < -0.39 is 15.7 Å². The molecule has 0 bridgehead atoms. The van der Waals surface area contributed by atoms with Gasteiger partial charge >= 0.3 is 0 Å². The van der Waals surface area contributed by atoms with E-state index >= 15 is 0 Å². The fraction of sp³-hybridized carbons (Fsp3) is 0.125. The zero-order chi connectivity index (χ0) is 10.1. The Bertz CT molecular complexity index is 437. The molecule has 0 saturated carbocycles. The van der Waals surface area contributed by atoms with Crippen LogP contribution in [0.15, 0.2) is 23.1 Å². The van der Waals surface area contributed by atoms with Crippen molar-refractivity contribution in [3.05, 3.63) is 29.6 Å². The third kappa shape index (κ3) is 2.35. The molecule has 0 atom stereocenters. The van der Waals surface area contributed by atoms with Gasteiger partial charge in [-0.25, -0.2) is 12.8 Å². The van der Waals surface area contributed by atoms with Crippen molar-refractivity contribution in [3.8, 4) is 0 Å². The number of hydrogen-bond donors (Lipinski definition) is 0. The summed E-state index contributed by atoms with van der Waals surface area (Å²) >= 11 is 0. The van der Waals surface area contributed by atoms with Crippen LogP contribution in [0.2, 0.25) is 0 Å². The molecule has 0 aromatic heterocycles. The molecule has 0 radical (unpaired) electrons. The maximum absolute atomic E-state index is 12.7. The molecule has 0 heterocycles. The van der Waals surface area contributed by atoms with Crippen LogP contribution in [0.5, 0.6) is 0 Å². The van der Waals surface area contributed by atoms with Gasteiger partial charge in [0, 0.05) is 11.8 Å². The van der Waals surface area contributed by atoms with Crippen LogP contribution in [-0.2, 0) is 9.84 Å². The highest BCUT2D eigenvalue weighted by atomic mass is 32.2. The second-order valence-corrected chi connectivity index (χ2v) is 4.63. The van der Waals surface area contributed by atoms with Gasteiger partial charge in [0.1, 0.15) is 12.1 Å². The van der Waals surface area contributed by atoms with E-state index in [1.165, 1.54) is 0 Å². The Morgan fingerprint density at radius 2 is 1.92 bits per heavy atom. The number of rotatable bonds is 2. The summed E-state index contributed by atoms with van der Waals surface area (Å²) < 4.78 is 34.7. The molecule has 0 aliphatic carbocycles. The smallest absolute Gasteiger partial charge is 0.175 e. The summed E-state index contributed by atoms with van der Waals surface area (Å²) in [6.45, 7) is 0. The molecule has 5 heteroatoms. The summed E-state index contributed by atoms with van der Waals surface area (Å²) in [7, 11) is -3.46. The Morgan fingerprint density at radius 1 is 1.31 bits per heavy atom. The molecule has 0 fully saturated rings. The summed E-state index contributed by atoms with van der Waals surface area (Å²) in [5, 5.41) is 0. The Morgan fingerprint density at radius 3 is 2.38 bits per heavy atom. The molecule has 0 N–H and O–H groups in total. The number of aldehydes is 1. The highest BCUT2D eigenvalue weighted by Gasteiger charge is 2.09. The molecule has 13 heavy (non-hydrogen) atoms. The number of carbonyl (C=O) groups excluding carboxylic acids is 1. The van der Waals surface area contributed by atoms with Gasteiger partial charge in [0.25, 0.3) is 0 Å². The van der Waals surface area contributed by atoms with E-state index in [1.807, 2.05) is 0 Å². The summed E-state index contributed by atoms with van der Waals surface area (Å²) in [5.41, 5.74) is 0.0143. The number of halogens is 1. The van der Waals surface area contributed by atoms with Crippen LogP contribution < -0.4 is 0 Å². The van der Waals surface area contributed by atoms with Crippen molar-refractivity contribution in [1.29, 1.82) is 0 Å². The van der Waals surface area contributed by atoms with Crippen LogP contribution in [0, 0.1) is 5.82 Å². The van der Waals surface area contributed by atoms with Gasteiger partial charge in [0.05, 0.1) is 4.90 Å². The van der Waals surface area contributed by atoms with Crippen LogP contribution in [0.3, 0.4) is 0 Å². The van der Waals surface area contributed by atoms with Crippen molar-refractivity contribution >= 4 is 16.1 Å². The monoisotopic (exact) mass is 202 g/mol. The molecule has 0 aliphatic heterocycles. The van der Waals surface area contributed by atoms with Crippen molar-refractivity contribution < 1.29 is 17.6 Å². The Hall–Kier alpha value is -1.23. The molecule has 0 spiro atoms. The van der Waals surface area contributed by atoms with E-state index in [1.54, 1.807) is 0 Å². The molecule has 0 amide bonds. The van der Waals surface area contributed by atoms with E-state index in [-0.39, 0.29) is 10.5 Å². The Balaban J connectivity index is 3.41. The number of carbonyl (C=O) groups is 1. The molecule has 1 aromatic rings. The Kier molecular flexibility index (Phi) is 2.47. The van der Waals surface area contributed by atoms with Crippen LogP contribution in [0.4, 0.5) is 4.39 Å². The molecular formula is C8H7FO3S. The number of hydrogen-bond acceptors (Lipinski definition) is 3. The van der Waals surface area contributed by atoms with Gasteiger partial charge in [-0.2, -0.15) is 0 Å². The molecule has 1 rings (SSSR count). The normalized spacial score (nSPS) is 11.2. The second-order valence-electron chi connectivity index (χ2n) is 2.61. The fourth-order valence-electron chi connectivity index (χ4n) is 0.867. The SMILES string of the molecule is CS(=O)(=O)c1cc(F)cc(C=O)c1. The van der Waals surface area contributed by atoms with Crippen LogP contribution in [-0.4, -0.2) is 21.0 Å². The van der Waals surface area contributed by atoms with Crippen molar-refractivity contribution in [2.75, 3.05) is 6.26 Å². The average molecular weight is 202 g/mol. The zero-order valence-electron chi connectivity index (χ0n) is 6.82. The average Bonchev–Trinajstić information content (AvgIpc) is 2.01. The van der Waals surface area contributed by atoms with Gasteiger partial charge in [0.15, 0.2) is 9.84 Å². The summed E-state index contributed by atoms with van der Waals surface area (Å²) in [4.78, 5) is 10.1. The largest absolute Gasteiger partial charge is 0.298 e. The quantitative estimate of drug-likeness (QED) is 0.673. The first kappa shape index (κ1) is 9.85. The lowest BCUT2D eigenvalue weighted by atomic mass is 10.2. The molecule has 70 valence electrons. The van der Waals surface area contributed by atoms with Gasteiger partial charge in [-0.05, 0) is 18.2 Å². The highest BCUT2D eigenvalue weighted by Crippen LogP contribution is 2.12. The second kappa shape index (κ2) is 3.26. The predicted octanol–water partition coefficient (Wildman–Crippen LogP) is 1.04. The van der Waals surface area contributed by atoms with E-state index in [0.717, 1.165) is 24.5 Å². The fourth-order valence-corrected chi connectivity index (χ4v) is 1.54. The summed E-state index contributed by atoms with van der Waals surface area (Å²) in [6, 6.07) is 2.98.